The van der Waals surface area contributed by atoms with Crippen molar-refractivity contribution < 1.29 is 34.0 Å². The number of ketones is 1. The summed E-state index contributed by atoms with van der Waals surface area (Å²) in [5.74, 6) is 0.379. The van der Waals surface area contributed by atoms with Gasteiger partial charge >= 0.3 is 0 Å². The lowest BCUT2D eigenvalue weighted by molar-refractivity contribution is 0.0711. The standard InChI is InChI=1S/C21H24O7/c1-25-15-7-13(6-14(23)9-15)21-16(10-22)17(11-28-21)20(24)12-4-5-18(26-2)19(8-12)27-3/h4-9,16-17,21-23H,10-11H2,1-3H3/t16-,17-,21+/m0/s1. The van der Waals surface area contributed by atoms with Crippen molar-refractivity contribution >= 4 is 5.78 Å². The largest absolute Gasteiger partial charge is 0.508 e. The van der Waals surface area contributed by atoms with Crippen molar-refractivity contribution in [2.45, 2.75) is 6.10 Å². The van der Waals surface area contributed by atoms with Gasteiger partial charge in [-0.25, -0.2) is 0 Å². The van der Waals surface area contributed by atoms with Gasteiger partial charge in [0, 0.05) is 24.2 Å². The SMILES string of the molecule is COc1cc(O)cc([C@H]2OC[C@H](C(=O)c3ccc(OC)c(OC)c3)[C@@H]2CO)c1. The van der Waals surface area contributed by atoms with E-state index in [1.165, 1.54) is 27.4 Å². The molecule has 0 saturated carbocycles. The van der Waals surface area contributed by atoms with Crippen LogP contribution in [0.25, 0.3) is 0 Å². The van der Waals surface area contributed by atoms with Crippen LogP contribution in [0, 0.1) is 11.8 Å². The van der Waals surface area contributed by atoms with E-state index >= 15 is 0 Å². The predicted molar refractivity (Wildman–Crippen MR) is 101 cm³/mol. The van der Waals surface area contributed by atoms with Gasteiger partial charge in [-0.3, -0.25) is 4.79 Å². The summed E-state index contributed by atoms with van der Waals surface area (Å²) in [6.45, 7) is -0.0621. The van der Waals surface area contributed by atoms with Crippen molar-refractivity contribution in [3.05, 3.63) is 47.5 Å². The molecule has 0 spiro atoms. The van der Waals surface area contributed by atoms with Crippen molar-refractivity contribution in [3.63, 3.8) is 0 Å². The highest BCUT2D eigenvalue weighted by molar-refractivity contribution is 5.99. The first-order valence-corrected chi connectivity index (χ1v) is 8.89. The van der Waals surface area contributed by atoms with Gasteiger partial charge in [-0.15, -0.1) is 0 Å². The van der Waals surface area contributed by atoms with Gasteiger partial charge in [0.2, 0.25) is 0 Å². The van der Waals surface area contributed by atoms with Crippen molar-refractivity contribution in [1.29, 1.82) is 0 Å². The molecule has 0 aliphatic carbocycles. The molecular weight excluding hydrogens is 364 g/mol. The molecule has 7 heteroatoms. The Labute approximate surface area is 163 Å². The van der Waals surface area contributed by atoms with Crippen LogP contribution in [0.2, 0.25) is 0 Å². The van der Waals surface area contributed by atoms with Gasteiger partial charge in [0.1, 0.15) is 11.5 Å². The van der Waals surface area contributed by atoms with Crippen LogP contribution < -0.4 is 14.2 Å². The molecule has 7 nitrogen and oxygen atoms in total. The Morgan fingerprint density at radius 1 is 1.07 bits per heavy atom. The Morgan fingerprint density at radius 2 is 1.82 bits per heavy atom. The van der Waals surface area contributed by atoms with Gasteiger partial charge in [-0.1, -0.05) is 0 Å². The highest BCUT2D eigenvalue weighted by Crippen LogP contribution is 2.42. The fourth-order valence-electron chi connectivity index (χ4n) is 3.59. The molecule has 2 N–H and O–H groups in total. The van der Waals surface area contributed by atoms with E-state index in [1.54, 1.807) is 30.3 Å². The molecule has 0 unspecified atom stereocenters. The van der Waals surface area contributed by atoms with E-state index in [2.05, 4.69) is 0 Å². The molecule has 1 heterocycles. The molecule has 1 aliphatic heterocycles. The summed E-state index contributed by atoms with van der Waals surface area (Å²) in [6, 6.07) is 9.74. The van der Waals surface area contributed by atoms with E-state index in [4.69, 9.17) is 18.9 Å². The van der Waals surface area contributed by atoms with Crippen molar-refractivity contribution in [3.8, 4) is 23.0 Å². The zero-order valence-electron chi connectivity index (χ0n) is 16.0. The number of phenols is 1. The third kappa shape index (κ3) is 3.76. The van der Waals surface area contributed by atoms with E-state index in [-0.39, 0.29) is 24.7 Å². The van der Waals surface area contributed by atoms with E-state index < -0.39 is 17.9 Å². The second-order valence-electron chi connectivity index (χ2n) is 6.61. The van der Waals surface area contributed by atoms with Crippen molar-refractivity contribution in [2.75, 3.05) is 34.5 Å². The average Bonchev–Trinajstić information content (AvgIpc) is 3.16. The smallest absolute Gasteiger partial charge is 0.168 e. The zero-order chi connectivity index (χ0) is 20.3. The normalized spacial score (nSPS) is 21.4. The van der Waals surface area contributed by atoms with E-state index in [0.29, 0.717) is 28.4 Å². The average molecular weight is 388 g/mol. The van der Waals surface area contributed by atoms with Crippen LogP contribution in [0.5, 0.6) is 23.0 Å². The third-order valence-corrected chi connectivity index (χ3v) is 5.05. The molecule has 28 heavy (non-hydrogen) atoms. The number of benzene rings is 2. The second-order valence-corrected chi connectivity index (χ2v) is 6.61. The molecule has 1 fully saturated rings. The van der Waals surface area contributed by atoms with E-state index in [0.717, 1.165) is 0 Å². The maximum atomic E-state index is 13.1. The number of phenolic OH excluding ortho intramolecular Hbond substituents is 1. The molecule has 0 radical (unpaired) electrons. The first kappa shape index (κ1) is 20.0. The Kier molecular flexibility index (Phi) is 6.06. The molecule has 2 aromatic carbocycles. The van der Waals surface area contributed by atoms with Crippen LogP contribution in [-0.4, -0.2) is 50.5 Å². The van der Waals surface area contributed by atoms with Gasteiger partial charge in [0.05, 0.1) is 40.0 Å². The molecule has 3 atom stereocenters. The number of methoxy groups -OCH3 is 3. The lowest BCUT2D eigenvalue weighted by atomic mass is 9.83. The molecule has 2 aromatic rings. The quantitative estimate of drug-likeness (QED) is 0.704. The minimum atomic E-state index is -0.528. The number of hydrogen-bond acceptors (Lipinski definition) is 7. The minimum Gasteiger partial charge on any atom is -0.508 e. The first-order chi connectivity index (χ1) is 13.5. The molecule has 0 aromatic heterocycles. The number of rotatable bonds is 7. The first-order valence-electron chi connectivity index (χ1n) is 8.89. The summed E-state index contributed by atoms with van der Waals surface area (Å²) < 4.78 is 21.5. The topological polar surface area (TPSA) is 94.5 Å². The number of aliphatic hydroxyl groups is 1. The lowest BCUT2D eigenvalue weighted by Gasteiger charge is -2.21. The zero-order valence-corrected chi connectivity index (χ0v) is 16.0. The number of Topliss-reactive ketones (excluding diaryl/α,β-unsaturated/α-hetero) is 1. The second kappa shape index (κ2) is 8.50. The maximum absolute atomic E-state index is 13.1. The van der Waals surface area contributed by atoms with Crippen LogP contribution >= 0.6 is 0 Å². The van der Waals surface area contributed by atoms with Crippen LogP contribution in [-0.2, 0) is 4.74 Å². The Morgan fingerprint density at radius 3 is 2.46 bits per heavy atom. The molecule has 0 amide bonds. The van der Waals surface area contributed by atoms with E-state index in [1.807, 2.05) is 0 Å². The molecule has 1 aliphatic rings. The fraction of sp³-hybridized carbons (Fsp3) is 0.381. The monoisotopic (exact) mass is 388 g/mol. The molecule has 1 saturated heterocycles. The number of aromatic hydroxyl groups is 1. The molecule has 150 valence electrons. The predicted octanol–water partition coefficient (Wildman–Crippen LogP) is 2.60. The third-order valence-electron chi connectivity index (χ3n) is 5.05. The molecular formula is C21H24O7. The number of ether oxygens (including phenoxy) is 4. The number of hydrogen-bond donors (Lipinski definition) is 2. The maximum Gasteiger partial charge on any atom is 0.168 e. The molecule has 0 bridgehead atoms. The summed E-state index contributed by atoms with van der Waals surface area (Å²) in [5, 5.41) is 19.9. The number of carbonyl (C=O) groups is 1. The highest BCUT2D eigenvalue weighted by Gasteiger charge is 2.42. The highest BCUT2D eigenvalue weighted by atomic mass is 16.5. The van der Waals surface area contributed by atoms with E-state index in [9.17, 15) is 15.0 Å². The fourth-order valence-corrected chi connectivity index (χ4v) is 3.59. The van der Waals surface area contributed by atoms with Crippen LogP contribution in [0.15, 0.2) is 36.4 Å². The van der Waals surface area contributed by atoms with Gasteiger partial charge in [0.15, 0.2) is 17.3 Å². The number of carbonyl (C=O) groups excluding carboxylic acids is 1. The summed E-state index contributed by atoms with van der Waals surface area (Å²) in [5.41, 5.74) is 1.11. The van der Waals surface area contributed by atoms with Crippen molar-refractivity contribution in [2.24, 2.45) is 11.8 Å². The Bertz CT molecular complexity index is 849. The number of aliphatic hydroxyl groups excluding tert-OH is 1. The molecule has 3 rings (SSSR count). The van der Waals surface area contributed by atoms with Crippen molar-refractivity contribution in [1.82, 2.24) is 0 Å². The summed E-state index contributed by atoms with van der Waals surface area (Å²) in [7, 11) is 4.54. The summed E-state index contributed by atoms with van der Waals surface area (Å²) >= 11 is 0. The van der Waals surface area contributed by atoms with Crippen LogP contribution in [0.4, 0.5) is 0 Å². The van der Waals surface area contributed by atoms with Gasteiger partial charge in [-0.05, 0) is 35.9 Å². The minimum absolute atomic E-state index is 0.0318. The van der Waals surface area contributed by atoms with Gasteiger partial charge < -0.3 is 29.2 Å². The summed E-state index contributed by atoms with van der Waals surface area (Å²) in [4.78, 5) is 13.1. The lowest BCUT2D eigenvalue weighted by Crippen LogP contribution is -2.26. The van der Waals surface area contributed by atoms with Gasteiger partial charge in [0.25, 0.3) is 0 Å². The van der Waals surface area contributed by atoms with Crippen LogP contribution in [0.1, 0.15) is 22.0 Å². The summed E-state index contributed by atoms with van der Waals surface area (Å²) in [6.07, 6.45) is -0.528. The Hall–Kier alpha value is -2.77. The van der Waals surface area contributed by atoms with Gasteiger partial charge in [-0.2, -0.15) is 0 Å². The van der Waals surface area contributed by atoms with Crippen LogP contribution in [0.3, 0.4) is 0 Å². The Balaban J connectivity index is 1.88.